The third-order valence-electron chi connectivity index (χ3n) is 1.62. The molecule has 0 spiro atoms. The number of carboxylic acid groups (broad SMARTS) is 1. The summed E-state index contributed by atoms with van der Waals surface area (Å²) >= 11 is 5.59. The lowest BCUT2D eigenvalue weighted by Gasteiger charge is -2.09. The highest BCUT2D eigenvalue weighted by atomic mass is 35.5. The van der Waals surface area contributed by atoms with Crippen molar-refractivity contribution in [1.29, 1.82) is 0 Å². The number of hydrogen-bond acceptors (Lipinski definition) is 3. The molecule has 0 amide bonds. The number of carbonyl (C=O) groups is 1. The van der Waals surface area contributed by atoms with Crippen LogP contribution in [0.4, 0.5) is 10.1 Å². The molecule has 3 N–H and O–H groups in total. The molecule has 1 rings (SSSR count). The largest absolute Gasteiger partial charge is 0.493 e. The zero-order valence-electron chi connectivity index (χ0n) is 7.17. The number of aromatic carboxylic acids is 1. The molecule has 1 aromatic rings. The van der Waals surface area contributed by atoms with Gasteiger partial charge in [0.1, 0.15) is 5.56 Å². The second-order valence-corrected chi connectivity index (χ2v) is 2.85. The van der Waals surface area contributed by atoms with Crippen molar-refractivity contribution >= 4 is 23.3 Å². The fourth-order valence-electron chi connectivity index (χ4n) is 1.02. The molecule has 0 bridgehead atoms. The zero-order chi connectivity index (χ0) is 10.9. The molecule has 0 saturated carbocycles. The summed E-state index contributed by atoms with van der Waals surface area (Å²) in [6, 6.07) is 0.910. The summed E-state index contributed by atoms with van der Waals surface area (Å²) in [6.45, 7) is 0. The van der Waals surface area contributed by atoms with Gasteiger partial charge in [0.15, 0.2) is 11.6 Å². The second kappa shape index (κ2) is 3.71. The minimum absolute atomic E-state index is 0.137. The highest BCUT2D eigenvalue weighted by Crippen LogP contribution is 2.34. The van der Waals surface area contributed by atoms with E-state index in [0.717, 1.165) is 13.2 Å². The van der Waals surface area contributed by atoms with Crippen LogP contribution in [0.5, 0.6) is 5.75 Å². The monoisotopic (exact) mass is 219 g/mol. The quantitative estimate of drug-likeness (QED) is 0.744. The minimum atomic E-state index is -1.39. The Kier molecular flexibility index (Phi) is 2.81. The first-order valence-electron chi connectivity index (χ1n) is 3.53. The third-order valence-corrected chi connectivity index (χ3v) is 2.02. The van der Waals surface area contributed by atoms with Crippen molar-refractivity contribution in [3.05, 3.63) is 22.5 Å². The first-order chi connectivity index (χ1) is 6.49. The van der Waals surface area contributed by atoms with E-state index in [2.05, 4.69) is 4.74 Å². The maximum absolute atomic E-state index is 13.1. The number of anilines is 1. The van der Waals surface area contributed by atoms with Gasteiger partial charge >= 0.3 is 5.97 Å². The normalized spacial score (nSPS) is 9.93. The van der Waals surface area contributed by atoms with Crippen molar-refractivity contribution < 1.29 is 19.0 Å². The van der Waals surface area contributed by atoms with E-state index < -0.39 is 23.1 Å². The molecule has 0 aliphatic heterocycles. The van der Waals surface area contributed by atoms with Gasteiger partial charge in [-0.3, -0.25) is 0 Å². The van der Waals surface area contributed by atoms with Crippen molar-refractivity contribution in [2.75, 3.05) is 12.8 Å². The van der Waals surface area contributed by atoms with Crippen molar-refractivity contribution in [2.24, 2.45) is 0 Å². The van der Waals surface area contributed by atoms with Crippen molar-refractivity contribution in [3.63, 3.8) is 0 Å². The summed E-state index contributed by atoms with van der Waals surface area (Å²) in [5.74, 6) is -2.67. The minimum Gasteiger partial charge on any atom is -0.493 e. The van der Waals surface area contributed by atoms with Crippen LogP contribution in [0.25, 0.3) is 0 Å². The van der Waals surface area contributed by atoms with E-state index in [1.54, 1.807) is 0 Å². The molecule has 1 aromatic carbocycles. The van der Waals surface area contributed by atoms with Crippen LogP contribution in [0, 0.1) is 5.82 Å². The van der Waals surface area contributed by atoms with E-state index in [9.17, 15) is 9.18 Å². The van der Waals surface area contributed by atoms with Gasteiger partial charge in [-0.2, -0.15) is 0 Å². The summed E-state index contributed by atoms with van der Waals surface area (Å²) in [5.41, 5.74) is 4.69. The standard InChI is InChI=1S/C8H7ClFNO3/c1-14-7-3(10)2-4(11)6(9)5(7)8(12)13/h2H,11H2,1H3,(H,12,13). The Morgan fingerprint density at radius 2 is 2.29 bits per heavy atom. The lowest BCUT2D eigenvalue weighted by Crippen LogP contribution is -2.06. The van der Waals surface area contributed by atoms with Gasteiger partial charge in [0.25, 0.3) is 0 Å². The van der Waals surface area contributed by atoms with Crippen LogP contribution in [-0.4, -0.2) is 18.2 Å². The average molecular weight is 220 g/mol. The van der Waals surface area contributed by atoms with Crippen LogP contribution < -0.4 is 10.5 Å². The number of carboxylic acids is 1. The lowest BCUT2D eigenvalue weighted by atomic mass is 10.1. The van der Waals surface area contributed by atoms with Crippen LogP contribution >= 0.6 is 11.6 Å². The van der Waals surface area contributed by atoms with Crippen molar-refractivity contribution in [2.45, 2.75) is 0 Å². The van der Waals surface area contributed by atoms with E-state index in [-0.39, 0.29) is 10.7 Å². The van der Waals surface area contributed by atoms with E-state index in [0.29, 0.717) is 0 Å². The van der Waals surface area contributed by atoms with Crippen LogP contribution in [0.15, 0.2) is 6.07 Å². The molecule has 76 valence electrons. The summed E-state index contributed by atoms with van der Waals surface area (Å²) in [7, 11) is 1.15. The summed E-state index contributed by atoms with van der Waals surface area (Å²) in [4.78, 5) is 10.7. The summed E-state index contributed by atoms with van der Waals surface area (Å²) in [5, 5.41) is 8.51. The molecule has 0 fully saturated rings. The molecule has 0 radical (unpaired) electrons. The van der Waals surface area contributed by atoms with Crippen LogP contribution in [0.3, 0.4) is 0 Å². The fourth-order valence-corrected chi connectivity index (χ4v) is 1.24. The Labute approximate surface area is 84.0 Å². The lowest BCUT2D eigenvalue weighted by molar-refractivity contribution is 0.0692. The molecule has 6 heteroatoms. The Morgan fingerprint density at radius 1 is 1.71 bits per heavy atom. The van der Waals surface area contributed by atoms with Gasteiger partial charge in [0, 0.05) is 6.07 Å². The van der Waals surface area contributed by atoms with E-state index in [1.807, 2.05) is 0 Å². The Bertz CT molecular complexity index is 395. The number of ether oxygens (including phenoxy) is 1. The SMILES string of the molecule is COc1c(F)cc(N)c(Cl)c1C(=O)O. The highest BCUT2D eigenvalue weighted by molar-refractivity contribution is 6.36. The molecule has 0 unspecified atom stereocenters. The fraction of sp³-hybridized carbons (Fsp3) is 0.125. The Balaban J connectivity index is 3.56. The average Bonchev–Trinajstić information content (AvgIpc) is 2.10. The van der Waals surface area contributed by atoms with Gasteiger partial charge in [-0.1, -0.05) is 11.6 Å². The number of methoxy groups -OCH3 is 1. The molecule has 4 nitrogen and oxygen atoms in total. The van der Waals surface area contributed by atoms with Crippen molar-refractivity contribution in [3.8, 4) is 5.75 Å². The number of nitrogens with two attached hydrogens (primary N) is 1. The number of halogens is 2. The predicted molar refractivity (Wildman–Crippen MR) is 49.3 cm³/mol. The van der Waals surface area contributed by atoms with Crippen molar-refractivity contribution in [1.82, 2.24) is 0 Å². The topological polar surface area (TPSA) is 72.5 Å². The summed E-state index contributed by atoms with van der Waals surface area (Å²) in [6.07, 6.45) is 0. The number of hydrogen-bond donors (Lipinski definition) is 2. The first-order valence-corrected chi connectivity index (χ1v) is 3.91. The molecule has 0 aromatic heterocycles. The molecule has 0 heterocycles. The van der Waals surface area contributed by atoms with Crippen LogP contribution in [-0.2, 0) is 0 Å². The third kappa shape index (κ3) is 1.58. The van der Waals surface area contributed by atoms with E-state index in [4.69, 9.17) is 22.4 Å². The molecule has 0 aliphatic rings. The molecular weight excluding hydrogens is 213 g/mol. The maximum atomic E-state index is 13.1. The van der Waals surface area contributed by atoms with Gasteiger partial charge < -0.3 is 15.6 Å². The molecular formula is C8H7ClFNO3. The van der Waals surface area contributed by atoms with Gasteiger partial charge in [-0.05, 0) is 0 Å². The van der Waals surface area contributed by atoms with E-state index in [1.165, 1.54) is 0 Å². The second-order valence-electron chi connectivity index (χ2n) is 2.48. The first kappa shape index (κ1) is 10.6. The highest BCUT2D eigenvalue weighted by Gasteiger charge is 2.21. The van der Waals surface area contributed by atoms with Gasteiger partial charge in [0.05, 0.1) is 17.8 Å². The summed E-state index contributed by atoms with van der Waals surface area (Å²) < 4.78 is 17.7. The smallest absolute Gasteiger partial charge is 0.341 e. The van der Waals surface area contributed by atoms with Gasteiger partial charge in [0.2, 0.25) is 0 Å². The number of nitrogen functional groups attached to an aromatic ring is 1. The number of rotatable bonds is 2. The molecule has 0 atom stereocenters. The van der Waals surface area contributed by atoms with Gasteiger partial charge in [-0.15, -0.1) is 0 Å². The predicted octanol–water partition coefficient (Wildman–Crippen LogP) is 1.77. The molecule has 0 saturated heterocycles. The Morgan fingerprint density at radius 3 is 2.71 bits per heavy atom. The van der Waals surface area contributed by atoms with E-state index >= 15 is 0 Å². The van der Waals surface area contributed by atoms with Gasteiger partial charge in [-0.25, -0.2) is 9.18 Å². The molecule has 14 heavy (non-hydrogen) atoms. The maximum Gasteiger partial charge on any atom is 0.341 e. The molecule has 0 aliphatic carbocycles. The number of benzene rings is 1. The van der Waals surface area contributed by atoms with Crippen LogP contribution in [0.2, 0.25) is 5.02 Å². The zero-order valence-corrected chi connectivity index (χ0v) is 7.93. The van der Waals surface area contributed by atoms with Crippen LogP contribution in [0.1, 0.15) is 10.4 Å². The Hall–Kier alpha value is -1.49.